The quantitative estimate of drug-likeness (QED) is 0.910. The fourth-order valence-electron chi connectivity index (χ4n) is 1.99. The predicted octanol–water partition coefficient (Wildman–Crippen LogP) is 2.98. The highest BCUT2D eigenvalue weighted by molar-refractivity contribution is 6.30. The van der Waals surface area contributed by atoms with E-state index in [1.165, 1.54) is 0 Å². The van der Waals surface area contributed by atoms with E-state index in [9.17, 15) is 4.79 Å². The number of nitrogens with zero attached hydrogens (tertiary/aromatic N) is 2. The third kappa shape index (κ3) is 3.87. The van der Waals surface area contributed by atoms with Crippen LogP contribution in [0.4, 0.5) is 5.82 Å². The van der Waals surface area contributed by atoms with E-state index in [0.717, 1.165) is 11.4 Å². The van der Waals surface area contributed by atoms with Crippen molar-refractivity contribution in [1.82, 2.24) is 15.1 Å². The standard InChI is InChI=1S/C16H21ClN4O/c1-16(2,3)13-9-14(19-15(22)10-18-4)21(20-13)12-7-5-6-11(17)8-12/h5-9,18H,10H2,1-4H3,(H,19,22). The number of hydrogen-bond acceptors (Lipinski definition) is 3. The summed E-state index contributed by atoms with van der Waals surface area (Å²) in [6.45, 7) is 6.48. The van der Waals surface area contributed by atoms with E-state index in [1.54, 1.807) is 17.8 Å². The van der Waals surface area contributed by atoms with Crippen LogP contribution in [0.15, 0.2) is 30.3 Å². The zero-order valence-corrected chi connectivity index (χ0v) is 14.0. The van der Waals surface area contributed by atoms with Gasteiger partial charge < -0.3 is 10.6 Å². The van der Waals surface area contributed by atoms with Crippen molar-refractivity contribution in [3.63, 3.8) is 0 Å². The van der Waals surface area contributed by atoms with E-state index < -0.39 is 0 Å². The Hall–Kier alpha value is -1.85. The number of amides is 1. The monoisotopic (exact) mass is 320 g/mol. The normalized spacial score (nSPS) is 11.5. The van der Waals surface area contributed by atoms with E-state index >= 15 is 0 Å². The SMILES string of the molecule is CNCC(=O)Nc1cc(C(C)(C)C)nn1-c1cccc(Cl)c1. The minimum Gasteiger partial charge on any atom is -0.311 e. The van der Waals surface area contributed by atoms with Gasteiger partial charge in [0.2, 0.25) is 5.91 Å². The number of halogens is 1. The summed E-state index contributed by atoms with van der Waals surface area (Å²) in [6, 6.07) is 9.27. The molecule has 2 N–H and O–H groups in total. The van der Waals surface area contributed by atoms with Gasteiger partial charge in [-0.15, -0.1) is 0 Å². The maximum absolute atomic E-state index is 11.9. The van der Waals surface area contributed by atoms with Crippen molar-refractivity contribution < 1.29 is 4.79 Å². The molecule has 0 aliphatic carbocycles. The fraction of sp³-hybridized carbons (Fsp3) is 0.375. The highest BCUT2D eigenvalue weighted by atomic mass is 35.5. The molecular formula is C16H21ClN4O. The summed E-state index contributed by atoms with van der Waals surface area (Å²) in [7, 11) is 1.73. The smallest absolute Gasteiger partial charge is 0.239 e. The Morgan fingerprint density at radius 3 is 2.64 bits per heavy atom. The van der Waals surface area contributed by atoms with Gasteiger partial charge in [-0.1, -0.05) is 38.4 Å². The third-order valence-corrected chi connectivity index (χ3v) is 3.37. The second kappa shape index (κ2) is 6.50. The van der Waals surface area contributed by atoms with Gasteiger partial charge in [-0.3, -0.25) is 4.79 Å². The van der Waals surface area contributed by atoms with Crippen LogP contribution in [0.2, 0.25) is 5.02 Å². The molecule has 0 saturated heterocycles. The van der Waals surface area contributed by atoms with Crippen LogP contribution < -0.4 is 10.6 Å². The fourth-order valence-corrected chi connectivity index (χ4v) is 2.17. The van der Waals surface area contributed by atoms with E-state index in [4.69, 9.17) is 11.6 Å². The van der Waals surface area contributed by atoms with Crippen LogP contribution in [0.5, 0.6) is 0 Å². The van der Waals surface area contributed by atoms with Crippen LogP contribution in [0.3, 0.4) is 0 Å². The number of anilines is 1. The van der Waals surface area contributed by atoms with E-state index in [0.29, 0.717) is 10.8 Å². The van der Waals surface area contributed by atoms with Crippen molar-refractivity contribution in [2.45, 2.75) is 26.2 Å². The number of nitrogens with one attached hydrogen (secondary N) is 2. The Kier molecular flexibility index (Phi) is 4.88. The Morgan fingerprint density at radius 2 is 2.05 bits per heavy atom. The molecule has 2 rings (SSSR count). The maximum atomic E-state index is 11.9. The summed E-state index contributed by atoms with van der Waals surface area (Å²) in [5.41, 5.74) is 1.58. The number of hydrogen-bond donors (Lipinski definition) is 2. The van der Waals surface area contributed by atoms with Crippen molar-refractivity contribution in [3.8, 4) is 5.69 Å². The maximum Gasteiger partial charge on any atom is 0.239 e. The second-order valence-corrected chi connectivity index (χ2v) is 6.57. The molecule has 0 radical (unpaired) electrons. The minimum absolute atomic E-state index is 0.119. The molecule has 0 aliphatic rings. The molecule has 0 atom stereocenters. The summed E-state index contributed by atoms with van der Waals surface area (Å²) in [5.74, 6) is 0.513. The van der Waals surface area contributed by atoms with Gasteiger partial charge in [0, 0.05) is 16.5 Å². The number of carbonyl (C=O) groups is 1. The number of aromatic nitrogens is 2. The van der Waals surface area contributed by atoms with Crippen LogP contribution >= 0.6 is 11.6 Å². The number of benzene rings is 1. The molecule has 6 heteroatoms. The zero-order chi connectivity index (χ0) is 16.3. The number of rotatable bonds is 4. The van der Waals surface area contributed by atoms with Crippen LogP contribution in [0, 0.1) is 0 Å². The van der Waals surface area contributed by atoms with Gasteiger partial charge in [-0.25, -0.2) is 4.68 Å². The molecule has 0 aliphatic heterocycles. The van der Waals surface area contributed by atoms with Gasteiger partial charge in [-0.2, -0.15) is 5.10 Å². The largest absolute Gasteiger partial charge is 0.311 e. The van der Waals surface area contributed by atoms with Crippen molar-refractivity contribution in [3.05, 3.63) is 41.0 Å². The summed E-state index contributed by atoms with van der Waals surface area (Å²) in [6.07, 6.45) is 0. The Balaban J connectivity index is 2.46. The predicted molar refractivity (Wildman–Crippen MR) is 89.8 cm³/mol. The molecule has 1 aromatic heterocycles. The molecule has 0 fully saturated rings. The first-order valence-electron chi connectivity index (χ1n) is 7.12. The molecule has 0 unspecified atom stereocenters. The highest BCUT2D eigenvalue weighted by Gasteiger charge is 2.21. The van der Waals surface area contributed by atoms with Crippen LogP contribution in [0.25, 0.3) is 5.69 Å². The number of carbonyl (C=O) groups excluding carboxylic acids is 1. The average molecular weight is 321 g/mol. The summed E-state index contributed by atoms with van der Waals surface area (Å²) in [4.78, 5) is 11.9. The lowest BCUT2D eigenvalue weighted by atomic mass is 9.92. The lowest BCUT2D eigenvalue weighted by Crippen LogP contribution is -2.26. The molecule has 0 saturated carbocycles. The van der Waals surface area contributed by atoms with Gasteiger partial charge >= 0.3 is 0 Å². The van der Waals surface area contributed by atoms with Crippen molar-refractivity contribution in [2.75, 3.05) is 18.9 Å². The average Bonchev–Trinajstić information content (AvgIpc) is 2.82. The topological polar surface area (TPSA) is 59.0 Å². The van der Waals surface area contributed by atoms with E-state index in [2.05, 4.69) is 36.5 Å². The molecule has 0 bridgehead atoms. The molecular weight excluding hydrogens is 300 g/mol. The molecule has 118 valence electrons. The second-order valence-electron chi connectivity index (χ2n) is 6.13. The number of likely N-dealkylation sites (N-methyl/N-ethyl adjacent to an activating group) is 1. The van der Waals surface area contributed by atoms with Crippen LogP contribution in [0.1, 0.15) is 26.5 Å². The lowest BCUT2D eigenvalue weighted by molar-refractivity contribution is -0.115. The van der Waals surface area contributed by atoms with Crippen molar-refractivity contribution in [2.24, 2.45) is 0 Å². The van der Waals surface area contributed by atoms with Gasteiger partial charge in [0.25, 0.3) is 0 Å². The summed E-state index contributed by atoms with van der Waals surface area (Å²) >= 11 is 6.06. The minimum atomic E-state index is -0.119. The Morgan fingerprint density at radius 1 is 1.32 bits per heavy atom. The van der Waals surface area contributed by atoms with Crippen LogP contribution in [-0.4, -0.2) is 29.3 Å². The molecule has 1 aromatic carbocycles. The van der Waals surface area contributed by atoms with Gasteiger partial charge in [0.05, 0.1) is 17.9 Å². The first-order valence-corrected chi connectivity index (χ1v) is 7.50. The van der Waals surface area contributed by atoms with E-state index in [-0.39, 0.29) is 17.9 Å². The van der Waals surface area contributed by atoms with Gasteiger partial charge in [-0.05, 0) is 25.2 Å². The molecule has 0 spiro atoms. The zero-order valence-electron chi connectivity index (χ0n) is 13.3. The van der Waals surface area contributed by atoms with E-state index in [1.807, 2.05) is 24.3 Å². The Labute approximate surface area is 135 Å². The van der Waals surface area contributed by atoms with Gasteiger partial charge in [0.1, 0.15) is 5.82 Å². The molecule has 1 amide bonds. The summed E-state index contributed by atoms with van der Waals surface area (Å²) < 4.78 is 1.71. The lowest BCUT2D eigenvalue weighted by Gasteiger charge is -2.14. The molecule has 2 aromatic rings. The summed E-state index contributed by atoms with van der Waals surface area (Å²) in [5, 5.41) is 11.0. The molecule has 1 heterocycles. The van der Waals surface area contributed by atoms with Crippen LogP contribution in [-0.2, 0) is 10.2 Å². The third-order valence-electron chi connectivity index (χ3n) is 3.14. The molecule has 22 heavy (non-hydrogen) atoms. The molecule has 5 nitrogen and oxygen atoms in total. The van der Waals surface area contributed by atoms with Crippen molar-refractivity contribution >= 4 is 23.3 Å². The van der Waals surface area contributed by atoms with Gasteiger partial charge in [0.15, 0.2) is 0 Å². The van der Waals surface area contributed by atoms with Crippen molar-refractivity contribution in [1.29, 1.82) is 0 Å². The highest BCUT2D eigenvalue weighted by Crippen LogP contribution is 2.27. The first-order chi connectivity index (χ1) is 10.3. The Bertz CT molecular complexity index is 673. The first kappa shape index (κ1) is 16.5.